The Morgan fingerprint density at radius 1 is 0.667 bits per heavy atom. The van der Waals surface area contributed by atoms with Gasteiger partial charge in [-0.1, -0.05) is 48.5 Å². The van der Waals surface area contributed by atoms with Crippen molar-refractivity contribution in [2.75, 3.05) is 6.61 Å². The van der Waals surface area contributed by atoms with Gasteiger partial charge in [-0.15, -0.1) is 0 Å². The molecule has 0 aliphatic carbocycles. The summed E-state index contributed by atoms with van der Waals surface area (Å²) >= 11 is 0. The average molecular weight is 600 g/mol. The Kier molecular flexibility index (Phi) is 8.56. The fourth-order valence-corrected chi connectivity index (χ4v) is 6.06. The first-order valence-electron chi connectivity index (χ1n) is 12.4. The van der Waals surface area contributed by atoms with E-state index in [9.17, 15) is 42.6 Å². The molecule has 0 radical (unpaired) electrons. The maximum absolute atomic E-state index is 13.5. The number of nitrogens with one attached hydrogen (secondary N) is 3. The Morgan fingerprint density at radius 3 is 1.74 bits per heavy atom. The summed E-state index contributed by atoms with van der Waals surface area (Å²) in [6, 6.07) is 9.95. The largest absolute Gasteiger partial charge is 0.481 e. The fraction of sp³-hybridized carbons (Fsp3) is 0.222. The molecule has 0 saturated heterocycles. The third-order valence-electron chi connectivity index (χ3n) is 6.58. The second kappa shape index (κ2) is 11.9. The summed E-state index contributed by atoms with van der Waals surface area (Å²) in [7, 11) is -4.49. The number of rotatable bonds is 13. The van der Waals surface area contributed by atoms with Crippen molar-refractivity contribution < 1.29 is 52.8 Å². The molecule has 0 heterocycles. The number of carbonyl (C=O) groups is 5. The molecule has 220 valence electrons. The molecule has 4 aromatic carbocycles. The van der Waals surface area contributed by atoms with Gasteiger partial charge < -0.3 is 31.1 Å². The van der Waals surface area contributed by atoms with Crippen LogP contribution < -0.4 is 15.4 Å². The van der Waals surface area contributed by atoms with Crippen LogP contribution in [0.1, 0.15) is 12.8 Å². The lowest BCUT2D eigenvalue weighted by Crippen LogP contribution is -2.57. The quantitative estimate of drug-likeness (QED) is 0.103. The smallest absolute Gasteiger partial charge is 0.326 e. The van der Waals surface area contributed by atoms with Gasteiger partial charge in [0.2, 0.25) is 21.8 Å². The average Bonchev–Trinajstić information content (AvgIpc) is 2.93. The van der Waals surface area contributed by atoms with E-state index in [1.807, 2.05) is 41.0 Å². The lowest BCUT2D eigenvalue weighted by molar-refractivity contribution is -0.148. The number of aliphatic carboxylic acids is 3. The number of carbonyl (C=O) groups excluding carboxylic acids is 2. The van der Waals surface area contributed by atoms with E-state index < -0.39 is 77.3 Å². The maximum Gasteiger partial charge on any atom is 0.326 e. The van der Waals surface area contributed by atoms with E-state index in [0.717, 1.165) is 21.5 Å². The second-order valence-electron chi connectivity index (χ2n) is 9.43. The van der Waals surface area contributed by atoms with Crippen molar-refractivity contribution >= 4 is 72.1 Å². The first-order valence-corrected chi connectivity index (χ1v) is 13.9. The Bertz CT molecular complexity index is 1810. The number of benzene rings is 4. The molecule has 0 bridgehead atoms. The zero-order chi connectivity index (χ0) is 30.8. The van der Waals surface area contributed by atoms with Gasteiger partial charge in [0.25, 0.3) is 0 Å². The Labute approximate surface area is 237 Å². The van der Waals surface area contributed by atoms with Crippen LogP contribution in [0, 0.1) is 0 Å². The first-order chi connectivity index (χ1) is 19.8. The van der Waals surface area contributed by atoms with Crippen molar-refractivity contribution in [1.29, 1.82) is 0 Å². The molecule has 14 nitrogen and oxygen atoms in total. The highest BCUT2D eigenvalue weighted by Gasteiger charge is 2.33. The summed E-state index contributed by atoms with van der Waals surface area (Å²) in [4.78, 5) is 58.8. The van der Waals surface area contributed by atoms with Crippen molar-refractivity contribution in [3.8, 4) is 0 Å². The molecule has 4 rings (SSSR count). The van der Waals surface area contributed by atoms with E-state index in [2.05, 4.69) is 4.72 Å². The van der Waals surface area contributed by atoms with Crippen LogP contribution in [0.5, 0.6) is 0 Å². The number of hydrogen-bond acceptors (Lipinski definition) is 8. The van der Waals surface area contributed by atoms with E-state index in [1.165, 1.54) is 6.07 Å². The number of amides is 2. The lowest BCUT2D eigenvalue weighted by Gasteiger charge is -2.23. The minimum Gasteiger partial charge on any atom is -0.481 e. The number of aliphatic hydroxyl groups is 1. The van der Waals surface area contributed by atoms with E-state index in [-0.39, 0.29) is 4.90 Å². The van der Waals surface area contributed by atoms with Crippen LogP contribution in [-0.2, 0) is 34.0 Å². The molecule has 0 saturated carbocycles. The molecular formula is C27H25N3O11S. The fourth-order valence-electron chi connectivity index (χ4n) is 4.67. The van der Waals surface area contributed by atoms with Gasteiger partial charge in [0.1, 0.15) is 18.1 Å². The van der Waals surface area contributed by atoms with E-state index in [0.29, 0.717) is 10.8 Å². The van der Waals surface area contributed by atoms with Gasteiger partial charge in [0.05, 0.1) is 24.3 Å². The van der Waals surface area contributed by atoms with Gasteiger partial charge in [-0.05, 0) is 33.0 Å². The van der Waals surface area contributed by atoms with Gasteiger partial charge in [-0.2, -0.15) is 4.72 Å². The van der Waals surface area contributed by atoms with E-state index in [1.54, 1.807) is 18.2 Å². The molecule has 15 heteroatoms. The third-order valence-corrected chi connectivity index (χ3v) is 8.11. The normalized spacial score (nSPS) is 13.9. The van der Waals surface area contributed by atoms with E-state index >= 15 is 0 Å². The molecule has 0 unspecified atom stereocenters. The monoisotopic (exact) mass is 599 g/mol. The molecular weight excluding hydrogens is 574 g/mol. The van der Waals surface area contributed by atoms with Crippen molar-refractivity contribution in [1.82, 2.24) is 15.4 Å². The molecule has 2 amide bonds. The van der Waals surface area contributed by atoms with E-state index in [4.69, 9.17) is 10.2 Å². The van der Waals surface area contributed by atoms with Crippen LogP contribution in [-0.4, -0.2) is 83.3 Å². The van der Waals surface area contributed by atoms with Crippen LogP contribution >= 0.6 is 0 Å². The second-order valence-corrected chi connectivity index (χ2v) is 11.1. The highest BCUT2D eigenvalue weighted by molar-refractivity contribution is 7.89. The maximum atomic E-state index is 13.5. The summed E-state index contributed by atoms with van der Waals surface area (Å²) in [6.07, 6.45) is -2.09. The topological polar surface area (TPSA) is 236 Å². The van der Waals surface area contributed by atoms with Gasteiger partial charge in [0.15, 0.2) is 0 Å². The number of aliphatic hydroxyl groups excluding tert-OH is 1. The molecule has 42 heavy (non-hydrogen) atoms. The summed E-state index contributed by atoms with van der Waals surface area (Å²) in [6.45, 7) is -1.09. The SMILES string of the molecule is O=C(O)C[C@H](NC(=O)[C@H](CC(=O)O)NC(=O)[C@H](CO)NS(=O)(=O)c1ccc2ccc3cccc4ccc1c2c34)C(=O)O. The van der Waals surface area contributed by atoms with Gasteiger partial charge in [0, 0.05) is 5.39 Å². The number of carboxylic acids is 3. The summed E-state index contributed by atoms with van der Waals surface area (Å²) in [5, 5.41) is 45.3. The first kappa shape index (κ1) is 30.1. The summed E-state index contributed by atoms with van der Waals surface area (Å²) in [5.41, 5.74) is 0. The van der Waals surface area contributed by atoms with Crippen molar-refractivity contribution in [2.24, 2.45) is 0 Å². The minimum atomic E-state index is -4.49. The highest BCUT2D eigenvalue weighted by atomic mass is 32.2. The van der Waals surface area contributed by atoms with Crippen molar-refractivity contribution in [2.45, 2.75) is 35.9 Å². The number of sulfonamides is 1. The summed E-state index contributed by atoms with van der Waals surface area (Å²) < 4.78 is 29.0. The van der Waals surface area contributed by atoms with Crippen LogP contribution in [0.4, 0.5) is 0 Å². The van der Waals surface area contributed by atoms with Gasteiger partial charge >= 0.3 is 17.9 Å². The zero-order valence-electron chi connectivity index (χ0n) is 21.6. The predicted molar refractivity (Wildman–Crippen MR) is 147 cm³/mol. The van der Waals surface area contributed by atoms with Crippen molar-refractivity contribution in [3.63, 3.8) is 0 Å². The number of carboxylic acid groups (broad SMARTS) is 3. The summed E-state index contributed by atoms with van der Waals surface area (Å²) in [5.74, 6) is -7.50. The van der Waals surface area contributed by atoms with Crippen LogP contribution in [0.15, 0.2) is 59.5 Å². The molecule has 0 spiro atoms. The predicted octanol–water partition coefficient (Wildman–Crippen LogP) is 0.227. The minimum absolute atomic E-state index is 0.197. The third kappa shape index (κ3) is 6.22. The van der Waals surface area contributed by atoms with Gasteiger partial charge in [-0.3, -0.25) is 19.2 Å². The van der Waals surface area contributed by atoms with Gasteiger partial charge in [-0.25, -0.2) is 13.2 Å². The zero-order valence-corrected chi connectivity index (χ0v) is 22.4. The molecule has 0 fully saturated rings. The molecule has 0 aliphatic heterocycles. The highest BCUT2D eigenvalue weighted by Crippen LogP contribution is 2.37. The molecule has 4 aromatic rings. The van der Waals surface area contributed by atoms with Crippen LogP contribution in [0.3, 0.4) is 0 Å². The number of hydrogen-bond donors (Lipinski definition) is 7. The standard InChI is InChI=1S/C27H25N3O11S/c31-12-19(26(37)28-17(10-21(32)33)25(36)29-18(27(38)39)11-22(34)35)30-42(40,41)20-9-7-15-5-4-13-2-1-3-14-6-8-16(20)24(15)23(13)14/h1-9,17-19,30-31H,10-12H2,(H,28,37)(H,29,36)(H,32,33)(H,34,35)(H,38,39)/t17-,18-,19-/m0/s1. The van der Waals surface area contributed by atoms with Crippen molar-refractivity contribution in [3.05, 3.63) is 54.6 Å². The van der Waals surface area contributed by atoms with Crippen LogP contribution in [0.25, 0.3) is 32.3 Å². The van der Waals surface area contributed by atoms with Crippen LogP contribution in [0.2, 0.25) is 0 Å². The lowest BCUT2D eigenvalue weighted by atomic mass is 9.94. The Hall–Kier alpha value is -4.86. The molecule has 3 atom stereocenters. The Morgan fingerprint density at radius 2 is 1.17 bits per heavy atom. The molecule has 0 aliphatic rings. The Balaban J connectivity index is 1.60. The molecule has 0 aromatic heterocycles. The molecule has 7 N–H and O–H groups in total.